The normalized spacial score (nSPS) is 14.4. The number of rotatable bonds is 3. The van der Waals surface area contributed by atoms with E-state index < -0.39 is 0 Å². The molecule has 18 heavy (non-hydrogen) atoms. The predicted molar refractivity (Wildman–Crippen MR) is 75.6 cm³/mol. The lowest BCUT2D eigenvalue weighted by atomic mass is 10.4. The molecule has 1 aliphatic rings. The number of hydrogen-bond donors (Lipinski definition) is 0. The Labute approximate surface area is 114 Å². The maximum atomic E-state index is 4.47. The van der Waals surface area contributed by atoms with Crippen LogP contribution in [0.3, 0.4) is 0 Å². The minimum atomic E-state index is 0.922. The molecule has 0 amide bonds. The van der Waals surface area contributed by atoms with Crippen molar-refractivity contribution in [1.29, 1.82) is 0 Å². The lowest BCUT2D eigenvalue weighted by molar-refractivity contribution is 0.790. The Morgan fingerprint density at radius 2 is 2.28 bits per heavy atom. The molecule has 0 N–H and O–H groups in total. The molecule has 6 heteroatoms. The number of hydrogen-bond acceptors (Lipinski definition) is 5. The van der Waals surface area contributed by atoms with Gasteiger partial charge in [0.15, 0.2) is 5.16 Å². The molecule has 2 aromatic heterocycles. The summed E-state index contributed by atoms with van der Waals surface area (Å²) in [4.78, 5) is 12.1. The van der Waals surface area contributed by atoms with E-state index >= 15 is 0 Å². The molecule has 4 nitrogen and oxygen atoms in total. The molecular weight excluding hydrogens is 264 g/mol. The van der Waals surface area contributed by atoms with Crippen molar-refractivity contribution >= 4 is 29.3 Å². The number of pyridine rings is 1. The van der Waals surface area contributed by atoms with Crippen LogP contribution in [0.4, 0.5) is 5.82 Å². The van der Waals surface area contributed by atoms with Crippen molar-refractivity contribution in [2.24, 2.45) is 7.05 Å². The van der Waals surface area contributed by atoms with E-state index in [-0.39, 0.29) is 0 Å². The van der Waals surface area contributed by atoms with Crippen LogP contribution < -0.4 is 4.90 Å². The van der Waals surface area contributed by atoms with E-state index in [4.69, 9.17) is 0 Å². The van der Waals surface area contributed by atoms with Crippen molar-refractivity contribution in [3.8, 4) is 0 Å². The van der Waals surface area contributed by atoms with Gasteiger partial charge in [-0.15, -0.1) is 11.8 Å². The van der Waals surface area contributed by atoms with Gasteiger partial charge in [-0.1, -0.05) is 0 Å². The summed E-state index contributed by atoms with van der Waals surface area (Å²) in [5.74, 6) is 1.91. The van der Waals surface area contributed by atoms with Crippen molar-refractivity contribution < 1.29 is 0 Å². The molecule has 0 spiro atoms. The summed E-state index contributed by atoms with van der Waals surface area (Å²) >= 11 is 3.41. The van der Waals surface area contributed by atoms with E-state index in [1.54, 1.807) is 23.5 Å². The second-order valence-electron chi connectivity index (χ2n) is 3.80. The molecule has 0 radical (unpaired) electrons. The third kappa shape index (κ3) is 2.26. The molecule has 2 aromatic rings. The lowest BCUT2D eigenvalue weighted by Gasteiger charge is -2.16. The zero-order valence-corrected chi connectivity index (χ0v) is 11.5. The quantitative estimate of drug-likeness (QED) is 0.861. The first-order chi connectivity index (χ1) is 8.84. The molecular formula is C12H12N4S2. The molecule has 92 valence electrons. The van der Waals surface area contributed by atoms with Crippen LogP contribution in [0.1, 0.15) is 0 Å². The number of imidazole rings is 1. The molecule has 0 saturated heterocycles. The summed E-state index contributed by atoms with van der Waals surface area (Å²) in [6.45, 7) is 0. The van der Waals surface area contributed by atoms with E-state index in [0.717, 1.165) is 21.7 Å². The van der Waals surface area contributed by atoms with Crippen LogP contribution in [0.15, 0.2) is 52.4 Å². The standard InChI is InChI=1S/C12H12N4S2/c1-15-6-5-14-12(15)18-10-3-2-4-13-11(10)16-7-8-17-9-16/h2-8H,9H2,1H3. The molecule has 0 bridgehead atoms. The average molecular weight is 276 g/mol. The summed E-state index contributed by atoms with van der Waals surface area (Å²) in [5.41, 5.74) is 0. The molecule has 0 atom stereocenters. The van der Waals surface area contributed by atoms with E-state index in [2.05, 4.69) is 32.5 Å². The van der Waals surface area contributed by atoms with Gasteiger partial charge in [0.1, 0.15) is 5.82 Å². The van der Waals surface area contributed by atoms with Gasteiger partial charge in [0.05, 0.1) is 10.8 Å². The highest BCUT2D eigenvalue weighted by molar-refractivity contribution is 8.02. The van der Waals surface area contributed by atoms with E-state index in [1.807, 2.05) is 36.3 Å². The molecule has 1 aliphatic heterocycles. The Morgan fingerprint density at radius 1 is 1.33 bits per heavy atom. The van der Waals surface area contributed by atoms with Gasteiger partial charge in [0.2, 0.25) is 0 Å². The summed E-state index contributed by atoms with van der Waals surface area (Å²) in [7, 11) is 2.00. The van der Waals surface area contributed by atoms with Crippen molar-refractivity contribution in [3.63, 3.8) is 0 Å². The Morgan fingerprint density at radius 3 is 3.00 bits per heavy atom. The fourth-order valence-corrected chi connectivity index (χ4v) is 3.25. The maximum absolute atomic E-state index is 4.47. The van der Waals surface area contributed by atoms with Crippen molar-refractivity contribution in [3.05, 3.63) is 42.3 Å². The van der Waals surface area contributed by atoms with Crippen LogP contribution >= 0.6 is 23.5 Å². The number of aryl methyl sites for hydroxylation is 1. The first kappa shape index (κ1) is 11.7. The van der Waals surface area contributed by atoms with E-state index in [1.165, 1.54) is 0 Å². The van der Waals surface area contributed by atoms with Gasteiger partial charge in [-0.25, -0.2) is 9.97 Å². The van der Waals surface area contributed by atoms with Crippen molar-refractivity contribution in [1.82, 2.24) is 14.5 Å². The van der Waals surface area contributed by atoms with Gasteiger partial charge in [0, 0.05) is 31.8 Å². The van der Waals surface area contributed by atoms with E-state index in [0.29, 0.717) is 0 Å². The Bertz CT molecular complexity index is 579. The predicted octanol–water partition coefficient (Wildman–Crippen LogP) is 2.95. The van der Waals surface area contributed by atoms with Gasteiger partial charge in [-0.3, -0.25) is 0 Å². The topological polar surface area (TPSA) is 34.0 Å². The molecule has 0 saturated carbocycles. The molecule has 0 aliphatic carbocycles. The summed E-state index contributed by atoms with van der Waals surface area (Å²) in [6.07, 6.45) is 7.65. The molecule has 3 heterocycles. The van der Waals surface area contributed by atoms with Crippen molar-refractivity contribution in [2.45, 2.75) is 10.1 Å². The molecule has 3 rings (SSSR count). The van der Waals surface area contributed by atoms with Crippen LogP contribution in [0.5, 0.6) is 0 Å². The second kappa shape index (κ2) is 5.07. The summed E-state index contributed by atoms with van der Waals surface area (Å²) in [6, 6.07) is 4.04. The van der Waals surface area contributed by atoms with Crippen LogP contribution in [0.2, 0.25) is 0 Å². The lowest BCUT2D eigenvalue weighted by Crippen LogP contribution is -2.13. The van der Waals surface area contributed by atoms with E-state index in [9.17, 15) is 0 Å². The first-order valence-corrected chi connectivity index (χ1v) is 7.36. The summed E-state index contributed by atoms with van der Waals surface area (Å²) < 4.78 is 2.01. The third-order valence-electron chi connectivity index (χ3n) is 2.55. The molecule has 0 aromatic carbocycles. The average Bonchev–Trinajstić information content (AvgIpc) is 3.03. The number of anilines is 1. The van der Waals surface area contributed by atoms with Crippen molar-refractivity contribution in [2.75, 3.05) is 10.8 Å². The molecule has 0 unspecified atom stereocenters. The van der Waals surface area contributed by atoms with Crippen LogP contribution in [0.25, 0.3) is 0 Å². The summed E-state index contributed by atoms with van der Waals surface area (Å²) in [5, 5.41) is 3.06. The van der Waals surface area contributed by atoms with Gasteiger partial charge in [0.25, 0.3) is 0 Å². The SMILES string of the molecule is Cn1ccnc1Sc1cccnc1N1C=CSC1. The smallest absolute Gasteiger partial charge is 0.172 e. The minimum Gasteiger partial charge on any atom is -0.329 e. The highest BCUT2D eigenvalue weighted by atomic mass is 32.2. The zero-order valence-electron chi connectivity index (χ0n) is 9.85. The van der Waals surface area contributed by atoms with Gasteiger partial charge in [-0.2, -0.15) is 0 Å². The molecule has 0 fully saturated rings. The fourth-order valence-electron chi connectivity index (χ4n) is 1.64. The Kier molecular flexibility index (Phi) is 3.29. The second-order valence-corrected chi connectivity index (χ2v) is 5.67. The Hall–Kier alpha value is -1.40. The monoisotopic (exact) mass is 276 g/mol. The maximum Gasteiger partial charge on any atom is 0.172 e. The third-order valence-corrected chi connectivity index (χ3v) is 4.41. The largest absolute Gasteiger partial charge is 0.329 e. The van der Waals surface area contributed by atoms with Gasteiger partial charge in [-0.05, 0) is 29.3 Å². The number of nitrogens with zero attached hydrogens (tertiary/aromatic N) is 4. The highest BCUT2D eigenvalue weighted by Crippen LogP contribution is 2.34. The zero-order chi connectivity index (χ0) is 12.4. The van der Waals surface area contributed by atoms with Crippen LogP contribution in [-0.2, 0) is 7.05 Å². The van der Waals surface area contributed by atoms with Gasteiger partial charge >= 0.3 is 0 Å². The van der Waals surface area contributed by atoms with Crippen LogP contribution in [0, 0.1) is 0 Å². The van der Waals surface area contributed by atoms with Gasteiger partial charge < -0.3 is 9.47 Å². The highest BCUT2D eigenvalue weighted by Gasteiger charge is 2.15. The minimum absolute atomic E-state index is 0.922. The first-order valence-electron chi connectivity index (χ1n) is 5.50. The fraction of sp³-hybridized carbons (Fsp3) is 0.167. The number of aromatic nitrogens is 3. The Balaban J connectivity index is 1.92. The number of thioether (sulfide) groups is 1. The van der Waals surface area contributed by atoms with Crippen LogP contribution in [-0.4, -0.2) is 20.4 Å².